The maximum atomic E-state index is 13.1. The fraction of sp³-hybridized carbons (Fsp3) is 0.208. The van der Waals surface area contributed by atoms with E-state index in [-0.39, 0.29) is 23.9 Å². The highest BCUT2D eigenvalue weighted by Crippen LogP contribution is 2.31. The van der Waals surface area contributed by atoms with E-state index in [4.69, 9.17) is 0 Å². The number of amides is 1. The average molecular weight is 418 g/mol. The van der Waals surface area contributed by atoms with Crippen LogP contribution in [0.5, 0.6) is 0 Å². The quantitative estimate of drug-likeness (QED) is 0.486. The Balaban J connectivity index is 1.65. The van der Waals surface area contributed by atoms with Gasteiger partial charge in [-0.3, -0.25) is 14.2 Å². The molecular weight excluding hydrogens is 394 g/mol. The molecule has 0 unspecified atom stereocenters. The van der Waals surface area contributed by atoms with Gasteiger partial charge >= 0.3 is 0 Å². The Morgan fingerprint density at radius 3 is 2.53 bits per heavy atom. The number of thiophene rings is 1. The molecule has 1 N–H and O–H groups in total. The van der Waals surface area contributed by atoms with Gasteiger partial charge in [0, 0.05) is 10.6 Å². The second-order valence-corrected chi connectivity index (χ2v) is 8.57. The molecular formula is C24H23N3O2S. The van der Waals surface area contributed by atoms with Crippen molar-refractivity contribution in [1.82, 2.24) is 9.55 Å². The second kappa shape index (κ2) is 8.24. The van der Waals surface area contributed by atoms with Crippen molar-refractivity contribution in [3.8, 4) is 10.4 Å². The van der Waals surface area contributed by atoms with Crippen LogP contribution in [0.4, 0.5) is 5.69 Å². The number of rotatable bonds is 5. The fourth-order valence-corrected chi connectivity index (χ4v) is 4.57. The number of carbonyl (C=O) groups is 1. The summed E-state index contributed by atoms with van der Waals surface area (Å²) >= 11 is 1.49. The highest BCUT2D eigenvalue weighted by Gasteiger charge is 2.16. The van der Waals surface area contributed by atoms with E-state index in [1.165, 1.54) is 15.9 Å². The van der Waals surface area contributed by atoms with Crippen LogP contribution in [-0.4, -0.2) is 15.5 Å². The minimum Gasteiger partial charge on any atom is -0.324 e. The van der Waals surface area contributed by atoms with Crippen molar-refractivity contribution in [3.63, 3.8) is 0 Å². The van der Waals surface area contributed by atoms with Gasteiger partial charge in [-0.1, -0.05) is 62.4 Å². The predicted octanol–water partition coefficient (Wildman–Crippen LogP) is 5.20. The first-order valence-corrected chi connectivity index (χ1v) is 10.7. The lowest BCUT2D eigenvalue weighted by Crippen LogP contribution is -2.30. The van der Waals surface area contributed by atoms with Gasteiger partial charge in [0.1, 0.15) is 17.2 Å². The Morgan fingerprint density at radius 1 is 1.10 bits per heavy atom. The fourth-order valence-electron chi connectivity index (χ4n) is 3.50. The number of hydrogen-bond donors (Lipinski definition) is 1. The number of benzene rings is 2. The number of fused-ring (bicyclic) bond motifs is 1. The molecule has 0 saturated carbocycles. The van der Waals surface area contributed by atoms with Crippen LogP contribution in [0.15, 0.2) is 65.5 Å². The Morgan fingerprint density at radius 2 is 1.80 bits per heavy atom. The van der Waals surface area contributed by atoms with Crippen molar-refractivity contribution in [2.24, 2.45) is 0 Å². The highest BCUT2D eigenvalue weighted by molar-refractivity contribution is 7.21. The zero-order chi connectivity index (χ0) is 21.3. The smallest absolute Gasteiger partial charge is 0.262 e. The summed E-state index contributed by atoms with van der Waals surface area (Å²) in [4.78, 5) is 32.1. The molecule has 0 aliphatic carbocycles. The molecule has 30 heavy (non-hydrogen) atoms. The number of aryl methyl sites for hydroxylation is 1. The normalized spacial score (nSPS) is 11.2. The second-order valence-electron chi connectivity index (χ2n) is 7.54. The summed E-state index contributed by atoms with van der Waals surface area (Å²) in [7, 11) is 0. The zero-order valence-electron chi connectivity index (χ0n) is 17.2. The van der Waals surface area contributed by atoms with Crippen molar-refractivity contribution < 1.29 is 4.79 Å². The van der Waals surface area contributed by atoms with E-state index >= 15 is 0 Å². The minimum atomic E-state index is -0.243. The van der Waals surface area contributed by atoms with Crippen LogP contribution >= 0.6 is 11.3 Å². The van der Waals surface area contributed by atoms with Gasteiger partial charge in [0.2, 0.25) is 5.91 Å². The number of anilines is 1. The molecule has 0 radical (unpaired) electrons. The van der Waals surface area contributed by atoms with Crippen LogP contribution in [-0.2, 0) is 11.3 Å². The molecule has 0 fully saturated rings. The third-order valence-electron chi connectivity index (χ3n) is 5.06. The van der Waals surface area contributed by atoms with Gasteiger partial charge in [0.05, 0.1) is 5.39 Å². The molecule has 4 aromatic rings. The summed E-state index contributed by atoms with van der Waals surface area (Å²) in [5, 5.41) is 3.49. The molecule has 0 bridgehead atoms. The predicted molar refractivity (Wildman–Crippen MR) is 123 cm³/mol. The number of aromatic nitrogens is 2. The molecule has 5 nitrogen and oxygen atoms in total. The number of hydrogen-bond acceptors (Lipinski definition) is 4. The lowest BCUT2D eigenvalue weighted by atomic mass is 10.0. The van der Waals surface area contributed by atoms with Crippen molar-refractivity contribution in [2.45, 2.75) is 33.2 Å². The summed E-state index contributed by atoms with van der Waals surface area (Å²) in [6.45, 7) is 5.85. The molecule has 0 aliphatic rings. The van der Waals surface area contributed by atoms with Crippen LogP contribution < -0.4 is 10.9 Å². The first-order valence-electron chi connectivity index (χ1n) is 9.89. The van der Waals surface area contributed by atoms with Gasteiger partial charge < -0.3 is 5.32 Å². The maximum absolute atomic E-state index is 13.1. The lowest BCUT2D eigenvalue weighted by molar-refractivity contribution is -0.116. The highest BCUT2D eigenvalue weighted by atomic mass is 32.1. The Bertz CT molecular complexity index is 1270. The van der Waals surface area contributed by atoms with Crippen LogP contribution in [0.1, 0.15) is 31.2 Å². The third kappa shape index (κ3) is 3.91. The zero-order valence-corrected chi connectivity index (χ0v) is 18.0. The topological polar surface area (TPSA) is 64.0 Å². The summed E-state index contributed by atoms with van der Waals surface area (Å²) in [6, 6.07) is 19.5. The average Bonchev–Trinajstić information content (AvgIpc) is 3.16. The monoisotopic (exact) mass is 417 g/mol. The molecule has 6 heteroatoms. The molecule has 4 rings (SSSR count). The summed E-state index contributed by atoms with van der Waals surface area (Å²) < 4.78 is 1.44. The van der Waals surface area contributed by atoms with E-state index in [0.717, 1.165) is 21.7 Å². The standard InChI is InChI=1S/C24H23N3O2S/c1-15(2)18-11-7-8-12-20(18)26-22(28)14-27-16(3)25-23-19(24(27)29)13-21(30-23)17-9-5-4-6-10-17/h4-13,15H,14H2,1-3H3,(H,26,28). The van der Waals surface area contributed by atoms with E-state index in [9.17, 15) is 9.59 Å². The summed E-state index contributed by atoms with van der Waals surface area (Å²) in [5.41, 5.74) is 2.70. The van der Waals surface area contributed by atoms with Gasteiger partial charge in [-0.05, 0) is 36.1 Å². The molecule has 0 atom stereocenters. The number of nitrogens with zero attached hydrogens (tertiary/aromatic N) is 2. The van der Waals surface area contributed by atoms with Crippen molar-refractivity contribution in [2.75, 3.05) is 5.32 Å². The molecule has 1 amide bonds. The molecule has 2 aromatic carbocycles. The van der Waals surface area contributed by atoms with E-state index in [2.05, 4.69) is 24.1 Å². The summed E-state index contributed by atoms with van der Waals surface area (Å²) in [6.07, 6.45) is 0. The third-order valence-corrected chi connectivity index (χ3v) is 6.14. The first-order chi connectivity index (χ1) is 14.4. The van der Waals surface area contributed by atoms with Crippen molar-refractivity contribution >= 4 is 33.1 Å². The van der Waals surface area contributed by atoms with Crippen LogP contribution in [0.2, 0.25) is 0 Å². The Labute approximate surface area is 179 Å². The Hall–Kier alpha value is -3.25. The molecule has 2 aromatic heterocycles. The number of para-hydroxylation sites is 1. The van der Waals surface area contributed by atoms with E-state index in [1.807, 2.05) is 60.7 Å². The SMILES string of the molecule is Cc1nc2sc(-c3ccccc3)cc2c(=O)n1CC(=O)Nc1ccccc1C(C)C. The van der Waals surface area contributed by atoms with E-state index < -0.39 is 0 Å². The Kier molecular flexibility index (Phi) is 5.50. The maximum Gasteiger partial charge on any atom is 0.262 e. The number of carbonyl (C=O) groups excluding carboxylic acids is 1. The van der Waals surface area contributed by atoms with E-state index in [1.54, 1.807) is 6.92 Å². The first kappa shape index (κ1) is 20.0. The molecule has 2 heterocycles. The minimum absolute atomic E-state index is 0.0729. The van der Waals surface area contributed by atoms with Gasteiger partial charge in [-0.25, -0.2) is 4.98 Å². The van der Waals surface area contributed by atoms with Gasteiger partial charge in [0.15, 0.2) is 0 Å². The molecule has 0 aliphatic heterocycles. The van der Waals surface area contributed by atoms with Gasteiger partial charge in [-0.2, -0.15) is 0 Å². The van der Waals surface area contributed by atoms with Crippen LogP contribution in [0.3, 0.4) is 0 Å². The molecule has 0 spiro atoms. The van der Waals surface area contributed by atoms with Gasteiger partial charge in [-0.15, -0.1) is 11.3 Å². The molecule has 0 saturated heterocycles. The van der Waals surface area contributed by atoms with Crippen LogP contribution in [0, 0.1) is 6.92 Å². The number of nitrogens with one attached hydrogen (secondary N) is 1. The summed E-state index contributed by atoms with van der Waals surface area (Å²) in [5.74, 6) is 0.570. The van der Waals surface area contributed by atoms with Gasteiger partial charge in [0.25, 0.3) is 5.56 Å². The lowest BCUT2D eigenvalue weighted by Gasteiger charge is -2.14. The van der Waals surface area contributed by atoms with Crippen LogP contribution in [0.25, 0.3) is 20.7 Å². The van der Waals surface area contributed by atoms with Crippen molar-refractivity contribution in [3.05, 3.63) is 82.4 Å². The largest absolute Gasteiger partial charge is 0.324 e. The molecule has 152 valence electrons. The van der Waals surface area contributed by atoms with Crippen molar-refractivity contribution in [1.29, 1.82) is 0 Å². The van der Waals surface area contributed by atoms with E-state index in [0.29, 0.717) is 16.0 Å².